The number of rotatable bonds is 4. The Labute approximate surface area is 182 Å². The molecule has 0 bridgehead atoms. The monoisotopic (exact) mass is 438 g/mol. The highest BCUT2D eigenvalue weighted by atomic mass is 35.5. The van der Waals surface area contributed by atoms with Crippen LogP contribution in [-0.4, -0.2) is 28.6 Å². The Hall–Kier alpha value is -3.16. The summed E-state index contributed by atoms with van der Waals surface area (Å²) in [7, 11) is 1.57. The molecule has 2 heterocycles. The molecule has 0 aliphatic carbocycles. The fraction of sp³-hybridized carbons (Fsp3) is 0.136. The van der Waals surface area contributed by atoms with Crippen molar-refractivity contribution in [2.45, 2.75) is 13.8 Å². The Morgan fingerprint density at radius 2 is 1.87 bits per heavy atom. The molecule has 0 fully saturated rings. The van der Waals surface area contributed by atoms with Crippen molar-refractivity contribution in [3.05, 3.63) is 75.3 Å². The molecule has 2 aromatic carbocycles. The van der Waals surface area contributed by atoms with Crippen molar-refractivity contribution in [2.24, 2.45) is 0 Å². The van der Waals surface area contributed by atoms with Crippen LogP contribution in [0.5, 0.6) is 0 Å². The first-order valence-corrected chi connectivity index (χ1v) is 10.5. The lowest BCUT2D eigenvalue weighted by Gasteiger charge is -2.09. The van der Waals surface area contributed by atoms with Crippen LogP contribution in [0.15, 0.2) is 48.5 Å². The number of fused-ring (bicyclic) bond motifs is 1. The minimum atomic E-state index is -0.231. The Bertz CT molecular complexity index is 1290. The number of anilines is 1. The number of halogens is 1. The highest BCUT2D eigenvalue weighted by Crippen LogP contribution is 2.31. The summed E-state index contributed by atoms with van der Waals surface area (Å²) >= 11 is 7.49. The molecule has 6 nitrogen and oxygen atoms in total. The number of benzene rings is 2. The summed E-state index contributed by atoms with van der Waals surface area (Å²) in [4.78, 5) is 26.3. The number of aromatic nitrogens is 2. The van der Waals surface area contributed by atoms with Gasteiger partial charge in [0.1, 0.15) is 4.83 Å². The van der Waals surface area contributed by atoms with Gasteiger partial charge in [-0.25, -0.2) is 4.68 Å². The molecule has 0 spiro atoms. The molecule has 0 saturated carbocycles. The Morgan fingerprint density at radius 3 is 2.60 bits per heavy atom. The van der Waals surface area contributed by atoms with Gasteiger partial charge in [0.15, 0.2) is 0 Å². The van der Waals surface area contributed by atoms with Crippen LogP contribution in [0.4, 0.5) is 5.69 Å². The summed E-state index contributed by atoms with van der Waals surface area (Å²) in [5.41, 5.74) is 3.63. The lowest BCUT2D eigenvalue weighted by atomic mass is 10.1. The van der Waals surface area contributed by atoms with Crippen LogP contribution in [0.1, 0.15) is 31.3 Å². The fourth-order valence-corrected chi connectivity index (χ4v) is 4.43. The first kappa shape index (κ1) is 20.1. The maximum absolute atomic E-state index is 12.9. The second-order valence-corrected chi connectivity index (χ2v) is 8.34. The molecular formula is C22H19ClN4O2S. The summed E-state index contributed by atoms with van der Waals surface area (Å²) < 4.78 is 1.80. The number of amides is 2. The van der Waals surface area contributed by atoms with Gasteiger partial charge in [0.2, 0.25) is 0 Å². The van der Waals surface area contributed by atoms with Crippen LogP contribution < -0.4 is 10.6 Å². The molecule has 2 aromatic heterocycles. The van der Waals surface area contributed by atoms with E-state index in [1.807, 2.05) is 44.2 Å². The Balaban J connectivity index is 1.68. The van der Waals surface area contributed by atoms with E-state index in [-0.39, 0.29) is 11.8 Å². The molecule has 0 aliphatic heterocycles. The van der Waals surface area contributed by atoms with Crippen LogP contribution in [0.2, 0.25) is 5.02 Å². The maximum atomic E-state index is 12.9. The quantitative estimate of drug-likeness (QED) is 0.472. The van der Waals surface area contributed by atoms with E-state index in [0.29, 0.717) is 21.2 Å². The zero-order valence-corrected chi connectivity index (χ0v) is 18.2. The third-order valence-electron chi connectivity index (χ3n) is 4.80. The van der Waals surface area contributed by atoms with E-state index in [1.165, 1.54) is 11.3 Å². The van der Waals surface area contributed by atoms with E-state index in [1.54, 1.807) is 29.9 Å². The summed E-state index contributed by atoms with van der Waals surface area (Å²) in [5, 5.41) is 11.6. The van der Waals surface area contributed by atoms with Crippen molar-refractivity contribution >= 4 is 50.7 Å². The fourth-order valence-electron chi connectivity index (χ4n) is 3.17. The summed E-state index contributed by atoms with van der Waals surface area (Å²) in [6.07, 6.45) is 0. The van der Waals surface area contributed by atoms with Gasteiger partial charge in [-0.05, 0) is 55.8 Å². The van der Waals surface area contributed by atoms with Crippen LogP contribution in [0, 0.1) is 13.8 Å². The van der Waals surface area contributed by atoms with Crippen LogP contribution in [0.25, 0.3) is 15.9 Å². The molecule has 0 atom stereocenters. The molecule has 0 radical (unpaired) electrons. The predicted octanol–water partition coefficient (Wildman–Crippen LogP) is 4.97. The molecule has 2 amide bonds. The number of carbonyl (C=O) groups is 2. The second kappa shape index (κ2) is 7.93. The molecule has 0 aliphatic rings. The standard InChI is InChI=1S/C22H19ClN4O2S/c1-12-7-8-14(20(28)24-3)9-18(12)25-21(29)19-11-17-13(2)26-27(22(17)30-19)16-6-4-5-15(23)10-16/h4-11H,1-3H3,(H,24,28)(H,25,29). The van der Waals surface area contributed by atoms with Crippen LogP contribution in [-0.2, 0) is 0 Å². The zero-order valence-electron chi connectivity index (χ0n) is 16.6. The first-order chi connectivity index (χ1) is 14.4. The topological polar surface area (TPSA) is 76.0 Å². The highest BCUT2D eigenvalue weighted by molar-refractivity contribution is 7.20. The van der Waals surface area contributed by atoms with E-state index >= 15 is 0 Å². The van der Waals surface area contributed by atoms with Crippen LogP contribution >= 0.6 is 22.9 Å². The van der Waals surface area contributed by atoms with E-state index in [4.69, 9.17) is 11.6 Å². The summed E-state index contributed by atoms with van der Waals surface area (Å²) in [5.74, 6) is -0.435. The van der Waals surface area contributed by atoms with E-state index < -0.39 is 0 Å². The van der Waals surface area contributed by atoms with Crippen molar-refractivity contribution in [3.63, 3.8) is 0 Å². The number of carbonyl (C=O) groups excluding carboxylic acids is 2. The van der Waals surface area contributed by atoms with Gasteiger partial charge in [0, 0.05) is 28.7 Å². The minimum absolute atomic E-state index is 0.204. The van der Waals surface area contributed by atoms with Crippen molar-refractivity contribution in [1.29, 1.82) is 0 Å². The minimum Gasteiger partial charge on any atom is -0.355 e. The van der Waals surface area contributed by atoms with Crippen LogP contribution in [0.3, 0.4) is 0 Å². The molecule has 152 valence electrons. The lowest BCUT2D eigenvalue weighted by Crippen LogP contribution is -2.18. The van der Waals surface area contributed by atoms with Gasteiger partial charge in [-0.2, -0.15) is 5.10 Å². The number of thiophene rings is 1. The second-order valence-electron chi connectivity index (χ2n) is 6.87. The van der Waals surface area contributed by atoms with Gasteiger partial charge in [0.25, 0.3) is 11.8 Å². The number of hydrogen-bond acceptors (Lipinski definition) is 4. The Kier molecular flexibility index (Phi) is 5.32. The van der Waals surface area contributed by atoms with Crippen molar-refractivity contribution in [3.8, 4) is 5.69 Å². The number of nitrogens with one attached hydrogen (secondary N) is 2. The molecular weight excluding hydrogens is 420 g/mol. The SMILES string of the molecule is CNC(=O)c1ccc(C)c(NC(=O)c2cc3c(C)nn(-c4cccc(Cl)c4)c3s2)c1. The maximum Gasteiger partial charge on any atom is 0.265 e. The Morgan fingerprint density at radius 1 is 1.07 bits per heavy atom. The smallest absolute Gasteiger partial charge is 0.265 e. The predicted molar refractivity (Wildman–Crippen MR) is 121 cm³/mol. The number of nitrogens with zero attached hydrogens (tertiary/aromatic N) is 2. The molecule has 30 heavy (non-hydrogen) atoms. The normalized spacial score (nSPS) is 10.9. The average Bonchev–Trinajstić information content (AvgIpc) is 3.30. The lowest BCUT2D eigenvalue weighted by molar-refractivity contribution is 0.0961. The van der Waals surface area contributed by atoms with E-state index in [0.717, 1.165) is 27.2 Å². The number of hydrogen-bond donors (Lipinski definition) is 2. The third-order valence-corrected chi connectivity index (χ3v) is 6.14. The number of aryl methyl sites for hydroxylation is 2. The molecule has 4 aromatic rings. The summed E-state index contributed by atoms with van der Waals surface area (Å²) in [6, 6.07) is 14.5. The van der Waals surface area contributed by atoms with Gasteiger partial charge >= 0.3 is 0 Å². The molecule has 0 saturated heterocycles. The van der Waals surface area contributed by atoms with Crippen molar-refractivity contribution in [1.82, 2.24) is 15.1 Å². The third kappa shape index (κ3) is 3.69. The van der Waals surface area contributed by atoms with Gasteiger partial charge in [-0.15, -0.1) is 11.3 Å². The van der Waals surface area contributed by atoms with Gasteiger partial charge in [-0.3, -0.25) is 9.59 Å². The van der Waals surface area contributed by atoms with Crippen molar-refractivity contribution in [2.75, 3.05) is 12.4 Å². The summed E-state index contributed by atoms with van der Waals surface area (Å²) in [6.45, 7) is 3.80. The van der Waals surface area contributed by atoms with Gasteiger partial charge in [0.05, 0.1) is 16.3 Å². The van der Waals surface area contributed by atoms with Gasteiger partial charge < -0.3 is 10.6 Å². The zero-order chi connectivity index (χ0) is 21.4. The molecule has 2 N–H and O–H groups in total. The molecule has 8 heteroatoms. The largest absolute Gasteiger partial charge is 0.355 e. The van der Waals surface area contributed by atoms with E-state index in [9.17, 15) is 9.59 Å². The van der Waals surface area contributed by atoms with Gasteiger partial charge in [-0.1, -0.05) is 23.7 Å². The van der Waals surface area contributed by atoms with Crippen molar-refractivity contribution < 1.29 is 9.59 Å². The average molecular weight is 439 g/mol. The van der Waals surface area contributed by atoms with E-state index in [2.05, 4.69) is 15.7 Å². The molecule has 4 rings (SSSR count). The highest BCUT2D eigenvalue weighted by Gasteiger charge is 2.18. The first-order valence-electron chi connectivity index (χ1n) is 9.26. The molecule has 0 unspecified atom stereocenters.